The smallest absolute Gasteiger partial charge is 0.399 e. The van der Waals surface area contributed by atoms with E-state index in [0.29, 0.717) is 29.1 Å². The van der Waals surface area contributed by atoms with Gasteiger partial charge in [-0.05, 0) is 81.2 Å². The first-order valence-electron chi connectivity index (χ1n) is 15.0. The summed E-state index contributed by atoms with van der Waals surface area (Å²) >= 11 is 0. The van der Waals surface area contributed by atoms with Crippen molar-refractivity contribution in [2.75, 3.05) is 43.9 Å². The van der Waals surface area contributed by atoms with Crippen LogP contribution >= 0.6 is 0 Å². The molecule has 3 aliphatic rings. The molecule has 0 aromatic heterocycles. The molecule has 3 N–H and O–H groups in total. The maximum absolute atomic E-state index is 13.8. The number of nitrogens with one attached hydrogen (secondary N) is 1. The summed E-state index contributed by atoms with van der Waals surface area (Å²) in [6.07, 6.45) is 5.41. The number of nitrogen functional groups attached to an aromatic ring is 1. The number of benzene rings is 2. The molecule has 1 aliphatic carbocycles. The summed E-state index contributed by atoms with van der Waals surface area (Å²) in [5.74, 6) is 0.639. The van der Waals surface area contributed by atoms with E-state index in [0.717, 1.165) is 37.6 Å². The molecule has 1 unspecified atom stereocenters. The molecule has 1 fully saturated rings. The van der Waals surface area contributed by atoms with E-state index in [-0.39, 0.29) is 18.1 Å². The molecule has 10 heteroatoms. The first kappa shape index (κ1) is 29.9. The van der Waals surface area contributed by atoms with Crippen molar-refractivity contribution in [2.24, 2.45) is 5.92 Å². The van der Waals surface area contributed by atoms with Crippen LogP contribution in [0, 0.1) is 5.92 Å². The van der Waals surface area contributed by atoms with Gasteiger partial charge in [0.25, 0.3) is 5.91 Å². The van der Waals surface area contributed by atoms with Crippen molar-refractivity contribution in [3.8, 4) is 0 Å². The number of carbonyl (C=O) groups is 2. The second kappa shape index (κ2) is 12.8. The van der Waals surface area contributed by atoms with Crippen molar-refractivity contribution in [3.63, 3.8) is 0 Å². The van der Waals surface area contributed by atoms with Gasteiger partial charge in [0.2, 0.25) is 0 Å². The maximum atomic E-state index is 13.8. The van der Waals surface area contributed by atoms with E-state index in [4.69, 9.17) is 5.73 Å². The van der Waals surface area contributed by atoms with Gasteiger partial charge >= 0.3 is 12.2 Å². The van der Waals surface area contributed by atoms with Crippen molar-refractivity contribution in [3.05, 3.63) is 70.9 Å². The maximum Gasteiger partial charge on any atom is 0.416 e. The zero-order valence-electron chi connectivity index (χ0n) is 24.1. The molecule has 2 aromatic carbocycles. The highest BCUT2D eigenvalue weighted by Gasteiger charge is 2.45. The fourth-order valence-electron chi connectivity index (χ4n) is 6.48. The van der Waals surface area contributed by atoms with Gasteiger partial charge in [-0.15, -0.1) is 0 Å². The van der Waals surface area contributed by atoms with Gasteiger partial charge in [-0.3, -0.25) is 9.69 Å². The van der Waals surface area contributed by atoms with Crippen molar-refractivity contribution < 1.29 is 22.8 Å². The van der Waals surface area contributed by atoms with Crippen LogP contribution in [0.15, 0.2) is 59.8 Å². The normalized spacial score (nSPS) is 20.0. The topological polar surface area (TPSA) is 81.9 Å². The number of hydrogen-bond donors (Lipinski definition) is 2. The number of nitrogens with zero attached hydrogens (tertiary/aromatic N) is 3. The van der Waals surface area contributed by atoms with Crippen LogP contribution in [0.5, 0.6) is 0 Å². The minimum absolute atomic E-state index is 0.0675. The predicted molar refractivity (Wildman–Crippen MR) is 158 cm³/mol. The molecule has 0 saturated heterocycles. The Morgan fingerprint density at radius 2 is 1.71 bits per heavy atom. The number of rotatable bonds is 10. The number of anilines is 2. The molecule has 0 bridgehead atoms. The highest BCUT2D eigenvalue weighted by Crippen LogP contribution is 2.40. The van der Waals surface area contributed by atoms with Gasteiger partial charge in [-0.2, -0.15) is 13.2 Å². The Hall–Kier alpha value is -3.53. The molecular weight excluding hydrogens is 543 g/mol. The van der Waals surface area contributed by atoms with Crippen molar-refractivity contribution in [1.82, 2.24) is 15.1 Å². The number of urea groups is 1. The monoisotopic (exact) mass is 583 g/mol. The zero-order valence-corrected chi connectivity index (χ0v) is 24.1. The Labute approximate surface area is 245 Å². The number of hydrogen-bond acceptors (Lipinski definition) is 4. The molecule has 226 valence electrons. The molecule has 5 rings (SSSR count). The van der Waals surface area contributed by atoms with E-state index in [1.807, 2.05) is 0 Å². The lowest BCUT2D eigenvalue weighted by Gasteiger charge is -2.34. The second-order valence-corrected chi connectivity index (χ2v) is 11.8. The Morgan fingerprint density at radius 3 is 2.43 bits per heavy atom. The van der Waals surface area contributed by atoms with Crippen LogP contribution in [-0.2, 0) is 11.0 Å². The first-order chi connectivity index (χ1) is 20.1. The predicted octanol–water partition coefficient (Wildman–Crippen LogP) is 6.34. The first-order valence-corrected chi connectivity index (χ1v) is 15.0. The molecule has 1 saturated carbocycles. The molecule has 2 aliphatic heterocycles. The van der Waals surface area contributed by atoms with Crippen LogP contribution in [-0.4, -0.2) is 55.0 Å². The van der Waals surface area contributed by atoms with Crippen LogP contribution in [0.1, 0.15) is 68.5 Å². The van der Waals surface area contributed by atoms with E-state index < -0.39 is 23.8 Å². The minimum Gasteiger partial charge on any atom is -0.399 e. The zero-order chi connectivity index (χ0) is 29.9. The van der Waals surface area contributed by atoms with Gasteiger partial charge in [0.05, 0.1) is 35.1 Å². The average Bonchev–Trinajstić information content (AvgIpc) is 3.28. The Morgan fingerprint density at radius 1 is 1.00 bits per heavy atom. The summed E-state index contributed by atoms with van der Waals surface area (Å²) in [6.45, 7) is 2.47. The third-order valence-corrected chi connectivity index (χ3v) is 8.74. The lowest BCUT2D eigenvalue weighted by molar-refractivity contribution is -0.137. The molecule has 1 atom stereocenters. The quantitative estimate of drug-likeness (QED) is 0.320. The number of carbonyl (C=O) groups excluding carboxylic acids is 2. The molecule has 2 aromatic rings. The number of halogens is 3. The summed E-state index contributed by atoms with van der Waals surface area (Å²) in [7, 11) is 2.10. The van der Waals surface area contributed by atoms with E-state index >= 15 is 0 Å². The highest BCUT2D eigenvalue weighted by atomic mass is 19.4. The molecule has 0 radical (unpaired) electrons. The molecule has 7 nitrogen and oxygen atoms in total. The Kier molecular flexibility index (Phi) is 9.11. The fraction of sp³-hybridized carbons (Fsp3) is 0.500. The van der Waals surface area contributed by atoms with Crippen LogP contribution in [0.2, 0.25) is 0 Å². The Balaban J connectivity index is 1.30. The van der Waals surface area contributed by atoms with E-state index in [2.05, 4.69) is 17.3 Å². The summed E-state index contributed by atoms with van der Waals surface area (Å²) in [4.78, 5) is 32.4. The Bertz CT molecular complexity index is 1300. The van der Waals surface area contributed by atoms with Gasteiger partial charge in [0.15, 0.2) is 0 Å². The lowest BCUT2D eigenvalue weighted by Crippen LogP contribution is -2.47. The van der Waals surface area contributed by atoms with Crippen molar-refractivity contribution in [2.45, 2.75) is 63.6 Å². The molecule has 42 heavy (non-hydrogen) atoms. The summed E-state index contributed by atoms with van der Waals surface area (Å²) in [6, 6.07) is 10.2. The fourth-order valence-corrected chi connectivity index (χ4v) is 6.48. The summed E-state index contributed by atoms with van der Waals surface area (Å²) in [5, 5.41) is 2.86. The number of alkyl halides is 3. The van der Waals surface area contributed by atoms with E-state index in [9.17, 15) is 22.8 Å². The van der Waals surface area contributed by atoms with Gasteiger partial charge < -0.3 is 20.9 Å². The van der Waals surface area contributed by atoms with Gasteiger partial charge in [-0.25, -0.2) is 4.79 Å². The molecule has 0 spiro atoms. The average molecular weight is 584 g/mol. The third-order valence-electron chi connectivity index (χ3n) is 8.74. The van der Waals surface area contributed by atoms with Crippen LogP contribution < -0.4 is 16.0 Å². The number of amides is 3. The van der Waals surface area contributed by atoms with E-state index in [1.165, 1.54) is 62.0 Å². The van der Waals surface area contributed by atoms with Crippen LogP contribution in [0.3, 0.4) is 0 Å². The molecule has 2 heterocycles. The molecule has 3 amide bonds. The van der Waals surface area contributed by atoms with Crippen molar-refractivity contribution >= 4 is 23.3 Å². The van der Waals surface area contributed by atoms with E-state index in [1.54, 1.807) is 29.2 Å². The third kappa shape index (κ3) is 6.75. The summed E-state index contributed by atoms with van der Waals surface area (Å²) in [5.41, 5.74) is 7.07. The summed E-state index contributed by atoms with van der Waals surface area (Å²) < 4.78 is 40.5. The highest BCUT2D eigenvalue weighted by molar-refractivity contribution is 6.07. The van der Waals surface area contributed by atoms with Crippen molar-refractivity contribution in [1.29, 1.82) is 0 Å². The van der Waals surface area contributed by atoms with Gasteiger partial charge in [0, 0.05) is 12.2 Å². The van der Waals surface area contributed by atoms with Crippen LogP contribution in [0.25, 0.3) is 0 Å². The minimum atomic E-state index is -4.56. The number of nitrogens with two attached hydrogens (primary N) is 1. The van der Waals surface area contributed by atoms with Gasteiger partial charge in [0.1, 0.15) is 0 Å². The largest absolute Gasteiger partial charge is 0.416 e. The lowest BCUT2D eigenvalue weighted by atomic mass is 9.86. The van der Waals surface area contributed by atoms with Gasteiger partial charge in [-0.1, -0.05) is 50.3 Å². The standard InChI is InChI=1S/C32H40F3N5O2/c1-38(17-6-10-22-8-3-2-4-9-22)18-7-19-39-21-27-28(30(39)41)29(23-13-15-25(36)16-14-23)37-31(42)40(27)26-12-5-11-24(20-26)32(33,34)35/h5,11-16,20,22,29H,2-4,6-10,17-19,21,36H2,1H3,(H,37,42). The molecular formula is C32H40F3N5O2. The van der Waals surface area contributed by atoms with Crippen LogP contribution in [0.4, 0.5) is 29.3 Å². The SMILES string of the molecule is CN(CCCC1CCCCC1)CCCN1CC2=C(C1=O)C(c1ccc(N)cc1)NC(=O)N2c1cccc(C(F)(F)F)c1. The second-order valence-electron chi connectivity index (χ2n) is 11.8.